The van der Waals surface area contributed by atoms with E-state index in [0.29, 0.717) is 45.2 Å². The molecule has 0 aliphatic carbocycles. The summed E-state index contributed by atoms with van der Waals surface area (Å²) in [5, 5.41) is 23.1. The molecule has 10 heteroatoms. The lowest BCUT2D eigenvalue weighted by Gasteiger charge is -2.24. The Morgan fingerprint density at radius 3 is 2.56 bits per heavy atom. The summed E-state index contributed by atoms with van der Waals surface area (Å²) in [6.07, 6.45) is 0.874. The van der Waals surface area contributed by atoms with Gasteiger partial charge in [-0.3, -0.25) is 14.5 Å². The standard InChI is InChI=1S/C38H37N3O5S2/c1-22(2)17-18-46-30-16-15-26(20-31(30)45-5)33-32(34(42)29-19-23(3)13-14-24(29)4)35(43)36(44)41(33)37-39-40-38(48-37)47-21-27-11-8-10-25-9-6-7-12-28(25)27/h6-16,19-20,22,33,42H,17-18,21H2,1-5H3. The number of hydrogen-bond donors (Lipinski definition) is 1. The Bertz CT molecular complexity index is 2030. The van der Waals surface area contributed by atoms with Crippen LogP contribution in [0.4, 0.5) is 5.13 Å². The fourth-order valence-corrected chi connectivity index (χ4v) is 7.65. The largest absolute Gasteiger partial charge is 0.507 e. The van der Waals surface area contributed by atoms with Crippen LogP contribution in [0.3, 0.4) is 0 Å². The molecule has 0 saturated carbocycles. The first kappa shape index (κ1) is 33.2. The second-order valence-corrected chi connectivity index (χ2v) is 14.4. The van der Waals surface area contributed by atoms with Gasteiger partial charge in [-0.25, -0.2) is 0 Å². The van der Waals surface area contributed by atoms with Crippen molar-refractivity contribution in [3.8, 4) is 11.5 Å². The van der Waals surface area contributed by atoms with E-state index in [4.69, 9.17) is 9.47 Å². The number of aliphatic hydroxyl groups excluding tert-OH is 1. The van der Waals surface area contributed by atoms with Crippen molar-refractivity contribution in [2.24, 2.45) is 5.92 Å². The number of methoxy groups -OCH3 is 1. The Kier molecular flexibility index (Phi) is 9.84. The number of carbonyl (C=O) groups excluding carboxylic acids is 2. The summed E-state index contributed by atoms with van der Waals surface area (Å²) >= 11 is 2.75. The van der Waals surface area contributed by atoms with Gasteiger partial charge in [0.05, 0.1) is 25.3 Å². The quantitative estimate of drug-likeness (QED) is 0.0487. The zero-order valence-electron chi connectivity index (χ0n) is 27.5. The molecule has 1 saturated heterocycles. The third kappa shape index (κ3) is 6.68. The summed E-state index contributed by atoms with van der Waals surface area (Å²) in [4.78, 5) is 29.0. The zero-order chi connectivity index (χ0) is 33.9. The molecular weight excluding hydrogens is 643 g/mol. The molecule has 1 aliphatic rings. The first-order valence-electron chi connectivity index (χ1n) is 15.8. The number of thioether (sulfide) groups is 1. The molecule has 1 N–H and O–H groups in total. The number of amides is 1. The molecule has 6 rings (SSSR count). The Balaban J connectivity index is 1.39. The summed E-state index contributed by atoms with van der Waals surface area (Å²) in [5.41, 5.74) is 3.87. The normalized spacial score (nSPS) is 15.9. The van der Waals surface area contributed by atoms with Gasteiger partial charge in [0.2, 0.25) is 5.13 Å². The van der Waals surface area contributed by atoms with Gasteiger partial charge in [-0.15, -0.1) is 10.2 Å². The first-order chi connectivity index (χ1) is 23.2. The van der Waals surface area contributed by atoms with Crippen LogP contribution in [0.15, 0.2) is 88.8 Å². The Labute approximate surface area is 288 Å². The molecule has 1 aliphatic heterocycles. The number of aromatic nitrogens is 2. The van der Waals surface area contributed by atoms with Gasteiger partial charge in [0.25, 0.3) is 5.78 Å². The summed E-state index contributed by atoms with van der Waals surface area (Å²) in [6, 6.07) is 24.4. The lowest BCUT2D eigenvalue weighted by atomic mass is 9.93. The van der Waals surface area contributed by atoms with Gasteiger partial charge in [0.15, 0.2) is 15.8 Å². The highest BCUT2D eigenvalue weighted by Crippen LogP contribution is 2.46. The number of nitrogens with zero attached hydrogens (tertiary/aromatic N) is 3. The fraction of sp³-hybridized carbons (Fsp3) is 0.263. The van der Waals surface area contributed by atoms with E-state index in [9.17, 15) is 14.7 Å². The molecule has 1 atom stereocenters. The third-order valence-corrected chi connectivity index (χ3v) is 10.5. The number of fused-ring (bicyclic) bond motifs is 1. The lowest BCUT2D eigenvalue weighted by Crippen LogP contribution is -2.29. The van der Waals surface area contributed by atoms with Crippen LogP contribution in [0.25, 0.3) is 16.5 Å². The minimum Gasteiger partial charge on any atom is -0.507 e. The molecular formula is C38H37N3O5S2. The third-order valence-electron chi connectivity index (χ3n) is 8.38. The molecule has 1 aromatic heterocycles. The zero-order valence-corrected chi connectivity index (χ0v) is 29.2. The predicted molar refractivity (Wildman–Crippen MR) is 192 cm³/mol. The van der Waals surface area contributed by atoms with Crippen molar-refractivity contribution in [1.82, 2.24) is 10.2 Å². The summed E-state index contributed by atoms with van der Waals surface area (Å²) in [5.74, 6) is 0.309. The molecule has 4 aromatic carbocycles. The lowest BCUT2D eigenvalue weighted by molar-refractivity contribution is -0.132. The van der Waals surface area contributed by atoms with E-state index in [1.54, 1.807) is 25.3 Å². The van der Waals surface area contributed by atoms with Gasteiger partial charge in [0, 0.05) is 11.3 Å². The number of ether oxygens (including phenoxy) is 2. The van der Waals surface area contributed by atoms with Crippen LogP contribution in [0, 0.1) is 19.8 Å². The van der Waals surface area contributed by atoms with Crippen molar-refractivity contribution in [2.75, 3.05) is 18.6 Å². The topological polar surface area (TPSA) is 102 Å². The van der Waals surface area contributed by atoms with Crippen molar-refractivity contribution in [3.05, 3.63) is 112 Å². The minimum atomic E-state index is -0.979. The van der Waals surface area contributed by atoms with Crippen LogP contribution < -0.4 is 14.4 Å². The summed E-state index contributed by atoms with van der Waals surface area (Å²) in [6.45, 7) is 8.54. The number of hydrogen-bond acceptors (Lipinski definition) is 9. The highest BCUT2D eigenvalue weighted by molar-refractivity contribution is 8.00. The summed E-state index contributed by atoms with van der Waals surface area (Å²) in [7, 11) is 1.55. The molecule has 5 aromatic rings. The van der Waals surface area contributed by atoms with E-state index in [0.717, 1.165) is 28.5 Å². The second-order valence-electron chi connectivity index (χ2n) is 12.2. The maximum Gasteiger partial charge on any atom is 0.301 e. The monoisotopic (exact) mass is 679 g/mol. The number of aryl methyl sites for hydroxylation is 2. The van der Waals surface area contributed by atoms with Gasteiger partial charge >= 0.3 is 5.91 Å². The number of rotatable bonds is 11. The molecule has 1 fully saturated rings. The predicted octanol–water partition coefficient (Wildman–Crippen LogP) is 8.66. The molecule has 0 radical (unpaired) electrons. The van der Waals surface area contributed by atoms with Gasteiger partial charge < -0.3 is 14.6 Å². The van der Waals surface area contributed by atoms with Crippen LogP contribution in [0.1, 0.15) is 54.1 Å². The molecule has 8 nitrogen and oxygen atoms in total. The number of anilines is 1. The maximum absolute atomic E-state index is 13.9. The number of Topliss-reactive ketones (excluding diaryl/α,β-unsaturated/α-hetero) is 1. The molecule has 48 heavy (non-hydrogen) atoms. The number of ketones is 1. The Morgan fingerprint density at radius 2 is 1.77 bits per heavy atom. The average Bonchev–Trinajstić information content (AvgIpc) is 3.65. The van der Waals surface area contributed by atoms with Crippen LogP contribution in [0.2, 0.25) is 0 Å². The molecule has 0 bridgehead atoms. The SMILES string of the molecule is COc1cc(C2C(=C(O)c3cc(C)ccc3C)C(=O)C(=O)N2c2nnc(SCc3cccc4ccccc34)s2)ccc1OCCC(C)C. The highest BCUT2D eigenvalue weighted by Gasteiger charge is 2.48. The van der Waals surface area contributed by atoms with Crippen molar-refractivity contribution < 1.29 is 24.2 Å². The number of carbonyl (C=O) groups is 2. The second kappa shape index (κ2) is 14.2. The first-order valence-corrected chi connectivity index (χ1v) is 17.6. The average molecular weight is 680 g/mol. The highest BCUT2D eigenvalue weighted by atomic mass is 32.2. The maximum atomic E-state index is 13.9. The molecule has 1 amide bonds. The fourth-order valence-electron chi connectivity index (χ4n) is 5.78. The van der Waals surface area contributed by atoms with Crippen LogP contribution in [0.5, 0.6) is 11.5 Å². The van der Waals surface area contributed by atoms with Gasteiger partial charge in [0.1, 0.15) is 5.76 Å². The number of benzene rings is 4. The van der Waals surface area contributed by atoms with E-state index >= 15 is 0 Å². The molecule has 0 spiro atoms. The van der Waals surface area contributed by atoms with Crippen molar-refractivity contribution in [3.63, 3.8) is 0 Å². The Morgan fingerprint density at radius 1 is 0.979 bits per heavy atom. The van der Waals surface area contributed by atoms with Gasteiger partial charge in [-0.05, 0) is 71.8 Å². The van der Waals surface area contributed by atoms with Crippen molar-refractivity contribution in [1.29, 1.82) is 0 Å². The minimum absolute atomic E-state index is 0.0237. The van der Waals surface area contributed by atoms with E-state index in [-0.39, 0.29) is 16.5 Å². The van der Waals surface area contributed by atoms with Crippen LogP contribution in [-0.4, -0.2) is 40.7 Å². The molecule has 1 unspecified atom stereocenters. The molecule has 246 valence electrons. The van der Waals surface area contributed by atoms with E-state index in [1.807, 2.05) is 50.2 Å². The van der Waals surface area contributed by atoms with Crippen molar-refractivity contribution >= 4 is 56.5 Å². The van der Waals surface area contributed by atoms with Crippen LogP contribution >= 0.6 is 23.1 Å². The van der Waals surface area contributed by atoms with E-state index < -0.39 is 17.7 Å². The van der Waals surface area contributed by atoms with E-state index in [1.165, 1.54) is 33.4 Å². The van der Waals surface area contributed by atoms with E-state index in [2.05, 4.69) is 48.3 Å². The van der Waals surface area contributed by atoms with Crippen molar-refractivity contribution in [2.45, 2.75) is 50.3 Å². The molecule has 2 heterocycles. The number of aliphatic hydroxyl groups is 1. The van der Waals surface area contributed by atoms with Gasteiger partial charge in [-0.2, -0.15) is 0 Å². The Hall–Kier alpha value is -4.67. The van der Waals surface area contributed by atoms with Gasteiger partial charge in [-0.1, -0.05) is 103 Å². The smallest absolute Gasteiger partial charge is 0.301 e. The summed E-state index contributed by atoms with van der Waals surface area (Å²) < 4.78 is 12.4. The van der Waals surface area contributed by atoms with Crippen LogP contribution in [-0.2, 0) is 15.3 Å².